The third kappa shape index (κ3) is 2.64. The minimum atomic E-state index is -0.432. The summed E-state index contributed by atoms with van der Waals surface area (Å²) in [5, 5.41) is 0. The van der Waals surface area contributed by atoms with E-state index in [1.165, 1.54) is 12.3 Å². The highest BCUT2D eigenvalue weighted by molar-refractivity contribution is 5.87. The molecule has 0 aliphatic carbocycles. The molecule has 3 rings (SSSR count). The largest absolute Gasteiger partial charge is 0.478 e. The van der Waals surface area contributed by atoms with Crippen molar-refractivity contribution in [2.24, 2.45) is 0 Å². The average Bonchev–Trinajstić information content (AvgIpc) is 2.75. The van der Waals surface area contributed by atoms with Gasteiger partial charge in [-0.3, -0.25) is 4.98 Å². The van der Waals surface area contributed by atoms with Gasteiger partial charge in [-0.1, -0.05) is 13.0 Å². The van der Waals surface area contributed by atoms with Gasteiger partial charge < -0.3 is 9.64 Å². The Morgan fingerprint density at radius 1 is 1.25 bits per heavy atom. The molecule has 0 N–H and O–H groups in total. The maximum Gasteiger partial charge on any atom is 0.213 e. The number of fused-ring (bicyclic) bond motifs is 1. The minimum Gasteiger partial charge on any atom is -0.478 e. The van der Waals surface area contributed by atoms with Crippen LogP contribution in [-0.4, -0.2) is 16.6 Å². The molecule has 3 heterocycles. The summed E-state index contributed by atoms with van der Waals surface area (Å²) in [7, 11) is 0. The van der Waals surface area contributed by atoms with Crippen LogP contribution in [0.15, 0.2) is 36.7 Å². The van der Waals surface area contributed by atoms with Gasteiger partial charge in [0.05, 0.1) is 35.9 Å². The Hall–Kier alpha value is -2.43. The maximum atomic E-state index is 13.7. The molecular weight excluding hydrogens is 305 g/mol. The monoisotopic (exact) mass is 327 g/mol. The molecule has 0 spiro atoms. The van der Waals surface area contributed by atoms with Crippen molar-refractivity contribution in [2.75, 3.05) is 11.5 Å². The van der Waals surface area contributed by atoms with Crippen LogP contribution >= 0.6 is 0 Å². The van der Waals surface area contributed by atoms with Crippen LogP contribution in [0.1, 0.15) is 45.4 Å². The number of allylic oxidation sites excluding steroid dienone is 1. The highest BCUT2D eigenvalue weighted by Gasteiger charge is 2.43. The van der Waals surface area contributed by atoms with Gasteiger partial charge in [0.25, 0.3) is 0 Å². The Balaban J connectivity index is 2.18. The van der Waals surface area contributed by atoms with Crippen LogP contribution in [-0.2, 0) is 5.54 Å². The molecule has 24 heavy (non-hydrogen) atoms. The fourth-order valence-corrected chi connectivity index (χ4v) is 3.25. The van der Waals surface area contributed by atoms with Crippen molar-refractivity contribution >= 4 is 11.4 Å². The number of nitrogens with zero attached hydrogens (tertiary/aromatic N) is 3. The van der Waals surface area contributed by atoms with Crippen LogP contribution < -0.4 is 9.64 Å². The first-order valence-electron chi connectivity index (χ1n) is 8.24. The Kier molecular flexibility index (Phi) is 4.26. The number of pyridine rings is 2. The van der Waals surface area contributed by atoms with E-state index in [2.05, 4.69) is 36.7 Å². The second kappa shape index (κ2) is 6.23. The zero-order chi connectivity index (χ0) is 17.3. The van der Waals surface area contributed by atoms with Gasteiger partial charge in [-0.15, -0.1) is 0 Å². The normalized spacial score (nSPS) is 17.2. The fourth-order valence-electron chi connectivity index (χ4n) is 3.25. The van der Waals surface area contributed by atoms with E-state index < -0.39 is 5.54 Å². The third-order valence-electron chi connectivity index (χ3n) is 4.16. The van der Waals surface area contributed by atoms with Gasteiger partial charge in [-0.25, -0.2) is 9.37 Å². The zero-order valence-corrected chi connectivity index (χ0v) is 14.5. The second-order valence-electron chi connectivity index (χ2n) is 6.23. The summed E-state index contributed by atoms with van der Waals surface area (Å²) in [4.78, 5) is 10.8. The third-order valence-corrected chi connectivity index (χ3v) is 4.16. The molecule has 4 nitrogen and oxygen atoms in total. The van der Waals surface area contributed by atoms with E-state index in [1.807, 2.05) is 19.1 Å². The van der Waals surface area contributed by atoms with E-state index >= 15 is 0 Å². The van der Waals surface area contributed by atoms with E-state index in [9.17, 15) is 4.39 Å². The molecule has 0 saturated carbocycles. The Bertz CT molecular complexity index is 786. The Labute approximate surface area is 142 Å². The number of aromatic nitrogens is 2. The average molecular weight is 327 g/mol. The summed E-state index contributed by atoms with van der Waals surface area (Å²) in [6.45, 7) is 8.75. The molecule has 0 radical (unpaired) electrons. The van der Waals surface area contributed by atoms with E-state index in [0.717, 1.165) is 29.1 Å². The van der Waals surface area contributed by atoms with E-state index in [-0.39, 0.29) is 5.82 Å². The lowest BCUT2D eigenvalue weighted by Gasteiger charge is -2.34. The van der Waals surface area contributed by atoms with Crippen molar-refractivity contribution in [1.29, 1.82) is 0 Å². The summed E-state index contributed by atoms with van der Waals surface area (Å²) >= 11 is 0. The SMILES string of the molecule is CCC=C1c2ccc(OCC)nc2C(C)(C)N1c1cncc(F)c1. The van der Waals surface area contributed by atoms with Crippen LogP contribution in [0.25, 0.3) is 5.70 Å². The Morgan fingerprint density at radius 3 is 2.71 bits per heavy atom. The van der Waals surface area contributed by atoms with E-state index in [4.69, 9.17) is 9.72 Å². The van der Waals surface area contributed by atoms with Gasteiger partial charge in [0.2, 0.25) is 5.88 Å². The smallest absolute Gasteiger partial charge is 0.213 e. The molecule has 2 aromatic rings. The summed E-state index contributed by atoms with van der Waals surface area (Å²) < 4.78 is 19.3. The molecule has 5 heteroatoms. The number of ether oxygens (including phenoxy) is 1. The van der Waals surface area contributed by atoms with Gasteiger partial charge in [0.1, 0.15) is 5.82 Å². The first-order valence-corrected chi connectivity index (χ1v) is 8.24. The van der Waals surface area contributed by atoms with Gasteiger partial charge >= 0.3 is 0 Å². The lowest BCUT2D eigenvalue weighted by Crippen LogP contribution is -2.35. The lowest BCUT2D eigenvalue weighted by molar-refractivity contribution is 0.324. The van der Waals surface area contributed by atoms with Gasteiger partial charge in [-0.2, -0.15) is 0 Å². The van der Waals surface area contributed by atoms with Crippen molar-refractivity contribution in [1.82, 2.24) is 9.97 Å². The standard InChI is InChI=1S/C19H22FN3O/c1-5-7-16-15-8-9-17(24-6-2)22-18(15)19(3,4)23(16)14-10-13(20)11-21-12-14/h7-12H,5-6H2,1-4H3. The van der Waals surface area contributed by atoms with Crippen molar-refractivity contribution in [3.8, 4) is 5.88 Å². The molecule has 1 aliphatic heterocycles. The van der Waals surface area contributed by atoms with Gasteiger partial charge in [0, 0.05) is 23.4 Å². The zero-order valence-electron chi connectivity index (χ0n) is 14.5. The van der Waals surface area contributed by atoms with Crippen LogP contribution in [0.4, 0.5) is 10.1 Å². The number of rotatable bonds is 4. The van der Waals surface area contributed by atoms with E-state index in [0.29, 0.717) is 12.5 Å². The molecule has 126 valence electrons. The molecule has 0 saturated heterocycles. The van der Waals surface area contributed by atoms with Gasteiger partial charge in [0.15, 0.2) is 0 Å². The summed E-state index contributed by atoms with van der Waals surface area (Å²) in [6.07, 6.45) is 5.91. The summed E-state index contributed by atoms with van der Waals surface area (Å²) in [5.74, 6) is 0.262. The summed E-state index contributed by atoms with van der Waals surface area (Å²) in [6, 6.07) is 5.42. The fraction of sp³-hybridized carbons (Fsp3) is 0.368. The predicted octanol–water partition coefficient (Wildman–Crippen LogP) is 4.52. The number of halogens is 1. The van der Waals surface area contributed by atoms with Crippen LogP contribution in [0.5, 0.6) is 5.88 Å². The van der Waals surface area contributed by atoms with Gasteiger partial charge in [-0.05, 0) is 33.3 Å². The lowest BCUT2D eigenvalue weighted by atomic mass is 9.99. The van der Waals surface area contributed by atoms with Crippen LogP contribution in [0.2, 0.25) is 0 Å². The Morgan fingerprint density at radius 2 is 2.04 bits per heavy atom. The second-order valence-corrected chi connectivity index (χ2v) is 6.23. The number of hydrogen-bond acceptors (Lipinski definition) is 4. The topological polar surface area (TPSA) is 38.2 Å². The molecule has 0 amide bonds. The number of hydrogen-bond donors (Lipinski definition) is 0. The highest BCUT2D eigenvalue weighted by Crippen LogP contribution is 2.47. The van der Waals surface area contributed by atoms with Crippen molar-refractivity contribution < 1.29 is 9.13 Å². The quantitative estimate of drug-likeness (QED) is 0.827. The molecule has 0 aromatic carbocycles. The maximum absolute atomic E-state index is 13.7. The molecular formula is C19H22FN3O. The predicted molar refractivity (Wildman–Crippen MR) is 93.4 cm³/mol. The first kappa shape index (κ1) is 16.4. The first-order chi connectivity index (χ1) is 11.5. The molecule has 0 atom stereocenters. The van der Waals surface area contributed by atoms with Crippen molar-refractivity contribution in [3.05, 3.63) is 53.7 Å². The van der Waals surface area contributed by atoms with Crippen molar-refractivity contribution in [3.63, 3.8) is 0 Å². The molecule has 0 unspecified atom stereocenters. The number of anilines is 1. The summed E-state index contributed by atoms with van der Waals surface area (Å²) in [5.41, 5.74) is 3.29. The molecule has 2 aromatic heterocycles. The molecule has 0 bridgehead atoms. The highest BCUT2D eigenvalue weighted by atomic mass is 19.1. The molecule has 1 aliphatic rings. The molecule has 0 fully saturated rings. The minimum absolute atomic E-state index is 0.349. The van der Waals surface area contributed by atoms with Crippen LogP contribution in [0.3, 0.4) is 0 Å². The van der Waals surface area contributed by atoms with E-state index in [1.54, 1.807) is 6.20 Å². The van der Waals surface area contributed by atoms with Crippen LogP contribution in [0, 0.1) is 5.82 Å². The van der Waals surface area contributed by atoms with Crippen molar-refractivity contribution in [2.45, 2.75) is 39.7 Å².